The van der Waals surface area contributed by atoms with Gasteiger partial charge in [-0.15, -0.1) is 0 Å². The number of nitrogens with one attached hydrogen (secondary N) is 4. The van der Waals surface area contributed by atoms with Gasteiger partial charge < -0.3 is 30.7 Å². The van der Waals surface area contributed by atoms with Gasteiger partial charge in [-0.2, -0.15) is 0 Å². The maximum atomic E-state index is 13.2. The molecule has 0 radical (unpaired) electrons. The number of carbonyl (C=O) groups is 4. The largest absolute Gasteiger partial charge is 0.459 e. The highest BCUT2D eigenvalue weighted by Crippen LogP contribution is 2.13. The molecule has 10 nitrogen and oxygen atoms in total. The van der Waals surface area contributed by atoms with Crippen LogP contribution in [0.1, 0.15) is 74.3 Å². The average molecular weight is 535 g/mol. The number of esters is 1. The van der Waals surface area contributed by atoms with Gasteiger partial charge in [-0.3, -0.25) is 4.79 Å². The first-order valence-electron chi connectivity index (χ1n) is 13.2. The number of urea groups is 1. The Kier molecular flexibility index (Phi) is 13.1. The van der Waals surface area contributed by atoms with Gasteiger partial charge in [0.15, 0.2) is 0 Å². The minimum atomic E-state index is -0.885. The molecule has 1 aromatic carbocycles. The molecule has 0 fully saturated rings. The van der Waals surface area contributed by atoms with Crippen molar-refractivity contribution in [2.45, 2.75) is 99.2 Å². The van der Waals surface area contributed by atoms with Crippen LogP contribution in [0.5, 0.6) is 0 Å². The molecule has 214 valence electrons. The maximum Gasteiger partial charge on any atom is 0.408 e. The second-order valence-corrected chi connectivity index (χ2v) is 11.2. The van der Waals surface area contributed by atoms with Crippen LogP contribution < -0.4 is 21.3 Å². The summed E-state index contributed by atoms with van der Waals surface area (Å²) in [6.07, 6.45) is -0.823. The van der Waals surface area contributed by atoms with Crippen LogP contribution in [0.15, 0.2) is 30.3 Å². The Morgan fingerprint density at radius 2 is 1.42 bits per heavy atom. The summed E-state index contributed by atoms with van der Waals surface area (Å²) in [7, 11) is 0. The summed E-state index contributed by atoms with van der Waals surface area (Å²) in [6, 6.07) is 6.89. The van der Waals surface area contributed by atoms with Gasteiger partial charge in [-0.05, 0) is 44.1 Å². The molecule has 0 heterocycles. The highest BCUT2D eigenvalue weighted by atomic mass is 16.6. The van der Waals surface area contributed by atoms with E-state index in [0.717, 1.165) is 5.56 Å². The molecule has 0 aromatic heterocycles. The standard InChI is InChI=1S/C28H46N4O6/c1-10-19(6)22(30-27(36)38-28(7,8)9)24(33)31-23(18(4)5)32-26(35)29-21(17(2)3)25(34)37-16-20-14-12-11-13-15-20/h11-15,17-19,21-23H,10,16H2,1-9H3,(H,30,36)(H,31,33)(H2,29,32,35)/t19-,21-,22-,23-/m0/s1. The molecule has 10 heteroatoms. The summed E-state index contributed by atoms with van der Waals surface area (Å²) in [5, 5.41) is 10.9. The van der Waals surface area contributed by atoms with E-state index in [1.165, 1.54) is 0 Å². The summed E-state index contributed by atoms with van der Waals surface area (Å²) in [4.78, 5) is 51.1. The predicted molar refractivity (Wildman–Crippen MR) is 146 cm³/mol. The zero-order valence-corrected chi connectivity index (χ0v) is 24.2. The lowest BCUT2D eigenvalue weighted by Gasteiger charge is -2.30. The second kappa shape index (κ2) is 15.2. The molecule has 4 N–H and O–H groups in total. The number of rotatable bonds is 12. The highest BCUT2D eigenvalue weighted by molar-refractivity contribution is 5.87. The number of benzene rings is 1. The van der Waals surface area contributed by atoms with Crippen LogP contribution in [0.3, 0.4) is 0 Å². The molecule has 1 aromatic rings. The van der Waals surface area contributed by atoms with Crippen molar-refractivity contribution in [3.8, 4) is 0 Å². The molecular weight excluding hydrogens is 488 g/mol. The topological polar surface area (TPSA) is 135 Å². The van der Waals surface area contributed by atoms with Crippen LogP contribution in [-0.4, -0.2) is 47.9 Å². The molecule has 0 aliphatic rings. The molecule has 1 rings (SSSR count). The summed E-state index contributed by atoms with van der Waals surface area (Å²) in [5.74, 6) is -1.61. The van der Waals surface area contributed by atoms with Gasteiger partial charge in [0.1, 0.15) is 30.5 Å². The van der Waals surface area contributed by atoms with Gasteiger partial charge in [0.25, 0.3) is 0 Å². The first-order chi connectivity index (χ1) is 17.6. The maximum absolute atomic E-state index is 13.2. The van der Waals surface area contributed by atoms with E-state index in [0.29, 0.717) is 6.42 Å². The summed E-state index contributed by atoms with van der Waals surface area (Å²) in [5.41, 5.74) is 0.127. The summed E-state index contributed by atoms with van der Waals surface area (Å²) in [6.45, 7) is 16.3. The van der Waals surface area contributed by atoms with Crippen molar-refractivity contribution in [3.05, 3.63) is 35.9 Å². The Labute approximate surface area is 227 Å². The SMILES string of the molecule is CC[C@H](C)[C@H](NC(=O)OC(C)(C)C)C(=O)N[C@@H](NC(=O)N[C@H](C(=O)OCc1ccccc1)C(C)C)C(C)C. The van der Waals surface area contributed by atoms with Gasteiger partial charge in [-0.1, -0.05) is 78.3 Å². The lowest BCUT2D eigenvalue weighted by atomic mass is 9.98. The van der Waals surface area contributed by atoms with Crippen molar-refractivity contribution < 1.29 is 28.7 Å². The fraction of sp³-hybridized carbons (Fsp3) is 0.643. The van der Waals surface area contributed by atoms with Crippen molar-refractivity contribution in [1.82, 2.24) is 21.3 Å². The molecule has 0 saturated heterocycles. The van der Waals surface area contributed by atoms with Crippen LogP contribution in [-0.2, 0) is 25.7 Å². The minimum Gasteiger partial charge on any atom is -0.459 e. The Morgan fingerprint density at radius 3 is 1.92 bits per heavy atom. The van der Waals surface area contributed by atoms with Gasteiger partial charge in [0.05, 0.1) is 0 Å². The predicted octanol–water partition coefficient (Wildman–Crippen LogP) is 4.09. The molecule has 0 aliphatic heterocycles. The monoisotopic (exact) mass is 534 g/mol. The minimum absolute atomic E-state index is 0.0958. The fourth-order valence-corrected chi connectivity index (χ4v) is 3.39. The van der Waals surface area contributed by atoms with Crippen LogP contribution in [0.25, 0.3) is 0 Å². The van der Waals surface area contributed by atoms with Gasteiger partial charge >= 0.3 is 18.1 Å². The third kappa shape index (κ3) is 11.8. The number of amides is 4. The van der Waals surface area contributed by atoms with E-state index < -0.39 is 47.9 Å². The summed E-state index contributed by atoms with van der Waals surface area (Å²) < 4.78 is 10.7. The van der Waals surface area contributed by atoms with Crippen LogP contribution in [0, 0.1) is 17.8 Å². The first-order valence-corrected chi connectivity index (χ1v) is 13.2. The third-order valence-corrected chi connectivity index (χ3v) is 5.85. The molecule has 0 bridgehead atoms. The zero-order valence-electron chi connectivity index (χ0n) is 24.2. The quantitative estimate of drug-likeness (QED) is 0.236. The lowest BCUT2D eigenvalue weighted by molar-refractivity contribution is -0.148. The number of hydrogen-bond acceptors (Lipinski definition) is 6. The van der Waals surface area contributed by atoms with Gasteiger partial charge in [0.2, 0.25) is 5.91 Å². The van der Waals surface area contributed by atoms with E-state index in [1.54, 1.807) is 34.6 Å². The molecule has 4 atom stereocenters. The summed E-state index contributed by atoms with van der Waals surface area (Å²) >= 11 is 0. The second-order valence-electron chi connectivity index (χ2n) is 11.2. The van der Waals surface area contributed by atoms with Crippen molar-refractivity contribution in [3.63, 3.8) is 0 Å². The van der Waals surface area contributed by atoms with Crippen LogP contribution >= 0.6 is 0 Å². The third-order valence-electron chi connectivity index (χ3n) is 5.85. The Hall–Kier alpha value is -3.30. The molecular formula is C28H46N4O6. The van der Waals surface area contributed by atoms with Crippen molar-refractivity contribution in [1.29, 1.82) is 0 Å². The van der Waals surface area contributed by atoms with E-state index in [2.05, 4.69) is 21.3 Å². The zero-order chi connectivity index (χ0) is 29.0. The molecule has 0 saturated carbocycles. The van der Waals surface area contributed by atoms with E-state index in [1.807, 2.05) is 58.0 Å². The normalized spacial score (nSPS) is 14.6. The van der Waals surface area contributed by atoms with Crippen molar-refractivity contribution >= 4 is 24.0 Å². The Balaban J connectivity index is 2.85. The number of ether oxygens (including phenoxy) is 2. The molecule has 0 spiro atoms. The number of hydrogen-bond donors (Lipinski definition) is 4. The average Bonchev–Trinajstić information content (AvgIpc) is 2.82. The first kappa shape index (κ1) is 32.7. The number of carbonyl (C=O) groups excluding carboxylic acids is 4. The van der Waals surface area contributed by atoms with E-state index >= 15 is 0 Å². The molecule has 4 amide bonds. The van der Waals surface area contributed by atoms with Gasteiger partial charge in [0, 0.05) is 0 Å². The van der Waals surface area contributed by atoms with E-state index in [9.17, 15) is 19.2 Å². The lowest BCUT2D eigenvalue weighted by Crippen LogP contribution is -2.60. The molecule has 0 unspecified atom stereocenters. The Bertz CT molecular complexity index is 914. The Morgan fingerprint density at radius 1 is 0.816 bits per heavy atom. The highest BCUT2D eigenvalue weighted by Gasteiger charge is 2.32. The van der Waals surface area contributed by atoms with Crippen molar-refractivity contribution in [2.24, 2.45) is 17.8 Å². The smallest absolute Gasteiger partial charge is 0.408 e. The molecule has 38 heavy (non-hydrogen) atoms. The van der Waals surface area contributed by atoms with Crippen molar-refractivity contribution in [2.75, 3.05) is 0 Å². The van der Waals surface area contributed by atoms with E-state index in [4.69, 9.17) is 9.47 Å². The number of alkyl carbamates (subject to hydrolysis) is 1. The fourth-order valence-electron chi connectivity index (χ4n) is 3.39. The molecule has 0 aliphatic carbocycles. The van der Waals surface area contributed by atoms with Gasteiger partial charge in [-0.25, -0.2) is 14.4 Å². The van der Waals surface area contributed by atoms with E-state index in [-0.39, 0.29) is 24.4 Å². The van der Waals surface area contributed by atoms with Crippen LogP contribution in [0.4, 0.5) is 9.59 Å². The van der Waals surface area contributed by atoms with Crippen LogP contribution in [0.2, 0.25) is 0 Å².